The predicted molar refractivity (Wildman–Crippen MR) is 98.8 cm³/mol. The van der Waals surface area contributed by atoms with E-state index >= 15 is 0 Å². The van der Waals surface area contributed by atoms with Gasteiger partial charge in [-0.3, -0.25) is 9.69 Å². The van der Waals surface area contributed by atoms with E-state index in [0.29, 0.717) is 17.5 Å². The van der Waals surface area contributed by atoms with Crippen LogP contribution in [0.15, 0.2) is 41.4 Å². The van der Waals surface area contributed by atoms with Crippen LogP contribution in [-0.2, 0) is 23.4 Å². The lowest BCUT2D eigenvalue weighted by molar-refractivity contribution is -0.129. The number of hydrogen-bond acceptors (Lipinski definition) is 4. The summed E-state index contributed by atoms with van der Waals surface area (Å²) >= 11 is 0. The Morgan fingerprint density at radius 2 is 1.79 bits per heavy atom. The largest absolute Gasteiger partial charge is 0.435 e. The Morgan fingerprint density at radius 1 is 1.17 bits per heavy atom. The summed E-state index contributed by atoms with van der Waals surface area (Å²) in [4.78, 5) is 18.6. The Balaban J connectivity index is 2.25. The molecular weight excluding hydrogens is 390 g/mol. The number of amides is 1. The molecular formula is C20H19F4N3O2. The number of rotatable bonds is 6. The van der Waals surface area contributed by atoms with E-state index in [0.717, 1.165) is 11.0 Å². The van der Waals surface area contributed by atoms with Crippen LogP contribution in [0.2, 0.25) is 0 Å². The van der Waals surface area contributed by atoms with Crippen molar-refractivity contribution in [2.45, 2.75) is 32.2 Å². The molecule has 1 heterocycles. The summed E-state index contributed by atoms with van der Waals surface area (Å²) in [5, 5.41) is 0. The summed E-state index contributed by atoms with van der Waals surface area (Å²) in [6.45, 7) is -2.33. The maximum absolute atomic E-state index is 13.8. The Labute approximate surface area is 164 Å². The van der Waals surface area contributed by atoms with Gasteiger partial charge in [0.15, 0.2) is 11.5 Å². The van der Waals surface area contributed by atoms with Gasteiger partial charge in [-0.2, -0.15) is 8.78 Å². The van der Waals surface area contributed by atoms with Crippen LogP contribution in [0.3, 0.4) is 0 Å². The number of guanidine groups is 1. The molecule has 1 amide bonds. The summed E-state index contributed by atoms with van der Waals surface area (Å²) in [5.41, 5.74) is 4.91. The van der Waals surface area contributed by atoms with Crippen LogP contribution in [-0.4, -0.2) is 30.4 Å². The van der Waals surface area contributed by atoms with Crippen LogP contribution in [0.25, 0.3) is 0 Å². The third-order valence-corrected chi connectivity index (χ3v) is 4.92. The Kier molecular flexibility index (Phi) is 5.50. The number of nitrogens with two attached hydrogens (primary N) is 1. The van der Waals surface area contributed by atoms with Crippen LogP contribution >= 0.6 is 0 Å². The molecule has 0 fully saturated rings. The smallest absolute Gasteiger partial charge is 0.387 e. The van der Waals surface area contributed by atoms with Gasteiger partial charge in [-0.1, -0.05) is 19.1 Å². The van der Waals surface area contributed by atoms with Gasteiger partial charge in [-0.05, 0) is 47.4 Å². The number of aryl methyl sites for hydroxylation is 1. The normalized spacial score (nSPS) is 19.1. The molecule has 1 aliphatic heterocycles. The first kappa shape index (κ1) is 20.6. The number of aliphatic imine (C=N–C) groups is 1. The Hall–Kier alpha value is -3.10. The monoisotopic (exact) mass is 409 g/mol. The van der Waals surface area contributed by atoms with E-state index in [-0.39, 0.29) is 22.8 Å². The quantitative estimate of drug-likeness (QED) is 0.743. The molecule has 0 bridgehead atoms. The van der Waals surface area contributed by atoms with Gasteiger partial charge in [0.2, 0.25) is 0 Å². The lowest BCUT2D eigenvalue weighted by atomic mass is 9.81. The van der Waals surface area contributed by atoms with Crippen molar-refractivity contribution in [3.63, 3.8) is 0 Å². The average molecular weight is 409 g/mol. The molecule has 0 saturated heterocycles. The lowest BCUT2D eigenvalue weighted by Gasteiger charge is -2.27. The third-order valence-electron chi connectivity index (χ3n) is 4.92. The summed E-state index contributed by atoms with van der Waals surface area (Å²) in [7, 11) is 1.43. The highest BCUT2D eigenvalue weighted by Crippen LogP contribution is 2.41. The SMILES string of the molecule is CCc1cc([C@]2(c3ccc(F)c(CF)c3)N=C(N)N(C)C2=O)ccc1OC(F)F. The van der Waals surface area contributed by atoms with Crippen molar-refractivity contribution in [1.29, 1.82) is 0 Å². The number of carbonyl (C=O) groups excluding carboxylic acids is 1. The van der Waals surface area contributed by atoms with Crippen molar-refractivity contribution in [1.82, 2.24) is 4.90 Å². The molecule has 0 radical (unpaired) electrons. The molecule has 154 valence electrons. The first-order valence-corrected chi connectivity index (χ1v) is 8.81. The van der Waals surface area contributed by atoms with Gasteiger partial charge < -0.3 is 10.5 Å². The van der Waals surface area contributed by atoms with Gasteiger partial charge in [0.1, 0.15) is 18.2 Å². The van der Waals surface area contributed by atoms with E-state index in [1.54, 1.807) is 6.92 Å². The van der Waals surface area contributed by atoms with Gasteiger partial charge in [-0.15, -0.1) is 0 Å². The van der Waals surface area contributed by atoms with Crippen LogP contribution in [0.4, 0.5) is 17.6 Å². The summed E-state index contributed by atoms with van der Waals surface area (Å²) < 4.78 is 57.0. The fourth-order valence-electron chi connectivity index (χ4n) is 3.38. The maximum Gasteiger partial charge on any atom is 0.387 e. The molecule has 2 aromatic rings. The molecule has 29 heavy (non-hydrogen) atoms. The molecule has 0 aromatic heterocycles. The fraction of sp³-hybridized carbons (Fsp3) is 0.300. The number of benzene rings is 2. The highest BCUT2D eigenvalue weighted by molar-refractivity contribution is 6.09. The van der Waals surface area contributed by atoms with Gasteiger partial charge in [0.05, 0.1) is 0 Å². The Morgan fingerprint density at radius 3 is 2.31 bits per heavy atom. The number of alkyl halides is 3. The van der Waals surface area contributed by atoms with E-state index in [9.17, 15) is 22.4 Å². The lowest BCUT2D eigenvalue weighted by Crippen LogP contribution is -2.41. The number of nitrogens with zero attached hydrogens (tertiary/aromatic N) is 2. The third kappa shape index (κ3) is 3.41. The number of carbonyl (C=O) groups is 1. The molecule has 3 rings (SSSR count). The van der Waals surface area contributed by atoms with Crippen LogP contribution < -0.4 is 10.5 Å². The molecule has 0 unspecified atom stereocenters. The number of likely N-dealkylation sites (N-methyl/N-ethyl adjacent to an activating group) is 1. The van der Waals surface area contributed by atoms with Crippen LogP contribution in [0, 0.1) is 5.82 Å². The van der Waals surface area contributed by atoms with Crippen molar-refractivity contribution >= 4 is 11.9 Å². The predicted octanol–water partition coefficient (Wildman–Crippen LogP) is 3.49. The molecule has 1 atom stereocenters. The molecule has 9 heteroatoms. The Bertz CT molecular complexity index is 980. The minimum absolute atomic E-state index is 0.0271. The molecule has 0 saturated carbocycles. The first-order valence-electron chi connectivity index (χ1n) is 8.81. The molecule has 2 N–H and O–H groups in total. The highest BCUT2D eigenvalue weighted by Gasteiger charge is 2.50. The zero-order chi connectivity index (χ0) is 21.3. The molecule has 1 aliphatic rings. The average Bonchev–Trinajstić information content (AvgIpc) is 2.93. The number of hydrogen-bond donors (Lipinski definition) is 1. The zero-order valence-corrected chi connectivity index (χ0v) is 15.8. The summed E-state index contributed by atoms with van der Waals surface area (Å²) in [6, 6.07) is 7.86. The molecule has 5 nitrogen and oxygen atoms in total. The molecule has 0 aliphatic carbocycles. The minimum Gasteiger partial charge on any atom is -0.435 e. The number of ether oxygens (including phenoxy) is 1. The van der Waals surface area contributed by atoms with Gasteiger partial charge in [0, 0.05) is 12.6 Å². The van der Waals surface area contributed by atoms with Gasteiger partial charge >= 0.3 is 6.61 Å². The topological polar surface area (TPSA) is 67.9 Å². The van der Waals surface area contributed by atoms with Crippen molar-refractivity contribution in [3.05, 3.63) is 64.5 Å². The maximum atomic E-state index is 13.8. The second kappa shape index (κ2) is 7.73. The van der Waals surface area contributed by atoms with E-state index in [1.807, 2.05) is 0 Å². The van der Waals surface area contributed by atoms with Crippen molar-refractivity contribution in [2.24, 2.45) is 10.7 Å². The van der Waals surface area contributed by atoms with E-state index in [2.05, 4.69) is 9.73 Å². The van der Waals surface area contributed by atoms with E-state index < -0.39 is 30.5 Å². The van der Waals surface area contributed by atoms with Crippen molar-refractivity contribution in [2.75, 3.05) is 7.05 Å². The zero-order valence-electron chi connectivity index (χ0n) is 15.8. The van der Waals surface area contributed by atoms with Gasteiger partial charge in [0.25, 0.3) is 5.91 Å². The minimum atomic E-state index is -3.00. The van der Waals surface area contributed by atoms with Crippen molar-refractivity contribution in [3.8, 4) is 5.75 Å². The molecule has 2 aromatic carbocycles. The highest BCUT2D eigenvalue weighted by atomic mass is 19.3. The molecule has 0 spiro atoms. The second-order valence-corrected chi connectivity index (χ2v) is 6.54. The van der Waals surface area contributed by atoms with Crippen LogP contribution in [0.1, 0.15) is 29.2 Å². The first-order chi connectivity index (χ1) is 13.7. The summed E-state index contributed by atoms with van der Waals surface area (Å²) in [5.74, 6) is -1.39. The van der Waals surface area contributed by atoms with E-state index in [1.165, 1.54) is 37.4 Å². The summed E-state index contributed by atoms with van der Waals surface area (Å²) in [6.07, 6.45) is 0.342. The standard InChI is InChI=1S/C20H19F4N3O2/c1-3-11-8-14(5-7-16(11)29-18(23)24)20(17(28)27(2)19(25)26-20)13-4-6-15(22)12(9-13)10-21/h4-9,18H,3,10H2,1-2H3,(H2,25,26)/t20-/m0/s1. The number of halogens is 4. The van der Waals surface area contributed by atoms with E-state index in [4.69, 9.17) is 5.73 Å². The second-order valence-electron chi connectivity index (χ2n) is 6.54. The van der Waals surface area contributed by atoms with Crippen molar-refractivity contribution < 1.29 is 27.1 Å². The fourth-order valence-corrected chi connectivity index (χ4v) is 3.38. The van der Waals surface area contributed by atoms with Crippen LogP contribution in [0.5, 0.6) is 5.75 Å². The van der Waals surface area contributed by atoms with Gasteiger partial charge in [-0.25, -0.2) is 13.8 Å².